The second-order valence-electron chi connectivity index (χ2n) is 9.97. The van der Waals surface area contributed by atoms with Gasteiger partial charge in [0.15, 0.2) is 17.2 Å². The Bertz CT molecular complexity index is 801. The Hall–Kier alpha value is -1.37. The number of fused-ring (bicyclic) bond motifs is 5. The highest BCUT2D eigenvalue weighted by Gasteiger charge is 2.73. The van der Waals surface area contributed by atoms with Gasteiger partial charge in [-0.1, -0.05) is 18.6 Å². The summed E-state index contributed by atoms with van der Waals surface area (Å²) in [5.74, 6) is -2.33. The topological polar surface area (TPSA) is 94.8 Å². The molecule has 3 saturated carbocycles. The molecule has 4 rings (SSSR count). The lowest BCUT2D eigenvalue weighted by Crippen LogP contribution is -2.66. The van der Waals surface area contributed by atoms with Crippen molar-refractivity contribution in [3.05, 3.63) is 23.8 Å². The molecule has 4 aliphatic carbocycles. The third kappa shape index (κ3) is 2.22. The molecule has 4 aliphatic rings. The number of aliphatic hydroxyl groups excluding tert-OH is 2. The first-order valence-corrected chi connectivity index (χ1v) is 10.1. The first-order chi connectivity index (χ1) is 12.9. The highest BCUT2D eigenvalue weighted by Crippen LogP contribution is 2.70. The quantitative estimate of drug-likeness (QED) is 0.667. The minimum absolute atomic E-state index is 0.0296. The van der Waals surface area contributed by atoms with Gasteiger partial charge in [-0.25, -0.2) is 4.39 Å². The number of hydrogen-bond donors (Lipinski definition) is 3. The minimum Gasteiger partial charge on any atom is -0.390 e. The number of carbonyl (C=O) groups is 2. The first-order valence-electron chi connectivity index (χ1n) is 10.1. The molecule has 0 spiro atoms. The Morgan fingerprint density at radius 2 is 1.93 bits per heavy atom. The zero-order chi connectivity index (χ0) is 20.7. The van der Waals surface area contributed by atoms with Crippen LogP contribution >= 0.6 is 0 Å². The lowest BCUT2D eigenvalue weighted by molar-refractivity contribution is -0.196. The summed E-state index contributed by atoms with van der Waals surface area (Å²) in [7, 11) is 0. The molecule has 28 heavy (non-hydrogen) atoms. The van der Waals surface area contributed by atoms with E-state index in [1.165, 1.54) is 12.2 Å². The van der Waals surface area contributed by atoms with Gasteiger partial charge in [-0.3, -0.25) is 9.59 Å². The number of carbonyl (C=O) groups excluding carboxylic acids is 2. The lowest BCUT2D eigenvalue weighted by Gasteiger charge is -2.61. The first kappa shape index (κ1) is 19.9. The monoisotopic (exact) mass is 392 g/mol. The molecular formula is C22H29FO5. The van der Waals surface area contributed by atoms with Crippen molar-refractivity contribution in [1.29, 1.82) is 0 Å². The number of ketones is 2. The maximum absolute atomic E-state index is 16.9. The van der Waals surface area contributed by atoms with Gasteiger partial charge in [0.25, 0.3) is 0 Å². The molecular weight excluding hydrogens is 363 g/mol. The van der Waals surface area contributed by atoms with Gasteiger partial charge in [-0.05, 0) is 63.0 Å². The van der Waals surface area contributed by atoms with E-state index in [0.29, 0.717) is 18.4 Å². The smallest absolute Gasteiger partial charge is 0.178 e. The summed E-state index contributed by atoms with van der Waals surface area (Å²) in [5, 5.41) is 31.6. The molecule has 0 aromatic rings. The predicted octanol–water partition coefficient (Wildman–Crippen LogP) is 1.90. The van der Waals surface area contributed by atoms with Crippen LogP contribution in [0.1, 0.15) is 46.5 Å². The SMILES string of the molecule is C[C@]12C=CC(=O)C=C1CC[C@H]1[C@@H]3C[C@@](C)(O)C(C(=O)CO)[C@@]3(C)C[C@H](O)[C@@]12F. The summed E-state index contributed by atoms with van der Waals surface area (Å²) in [6, 6.07) is 0. The molecule has 0 amide bonds. The minimum atomic E-state index is -1.98. The van der Waals surface area contributed by atoms with Crippen molar-refractivity contribution in [3.63, 3.8) is 0 Å². The lowest BCUT2D eigenvalue weighted by atomic mass is 9.45. The molecule has 0 saturated heterocycles. The number of allylic oxidation sites excluding steroid dienone is 4. The van der Waals surface area contributed by atoms with Gasteiger partial charge in [-0.2, -0.15) is 0 Å². The number of rotatable bonds is 2. The summed E-state index contributed by atoms with van der Waals surface area (Å²) in [6.07, 6.45) is 4.38. The Kier molecular flexibility index (Phi) is 4.15. The van der Waals surface area contributed by atoms with Crippen molar-refractivity contribution in [2.75, 3.05) is 6.61 Å². The highest BCUT2D eigenvalue weighted by molar-refractivity contribution is 6.01. The molecule has 1 unspecified atom stereocenters. The molecule has 3 fully saturated rings. The van der Waals surface area contributed by atoms with Gasteiger partial charge in [0.05, 0.1) is 17.6 Å². The zero-order valence-corrected chi connectivity index (χ0v) is 16.6. The van der Waals surface area contributed by atoms with Crippen LogP contribution in [0.15, 0.2) is 23.8 Å². The third-order valence-electron chi connectivity index (χ3n) is 8.47. The van der Waals surface area contributed by atoms with E-state index in [1.54, 1.807) is 19.9 Å². The molecule has 6 heteroatoms. The van der Waals surface area contributed by atoms with Crippen molar-refractivity contribution >= 4 is 11.6 Å². The number of Topliss-reactive ketones (excluding diaryl/α,β-unsaturated/α-hetero) is 1. The van der Waals surface area contributed by atoms with Gasteiger partial charge in [0.2, 0.25) is 0 Å². The van der Waals surface area contributed by atoms with Crippen LogP contribution in [-0.2, 0) is 9.59 Å². The van der Waals surface area contributed by atoms with E-state index in [-0.39, 0.29) is 24.5 Å². The van der Waals surface area contributed by atoms with Crippen LogP contribution in [0.4, 0.5) is 4.39 Å². The Morgan fingerprint density at radius 1 is 1.25 bits per heavy atom. The Labute approximate surface area is 164 Å². The van der Waals surface area contributed by atoms with Crippen LogP contribution in [0.5, 0.6) is 0 Å². The number of halogens is 1. The standard InChI is InChI=1S/C22H29FO5/c1-19-10-17(27)22(23)14(5-4-12-8-13(25)6-7-20(12,22)2)15(19)9-21(3,28)18(19)16(26)11-24/h6-8,14-15,17-18,24,27-28H,4-5,9-11H2,1-3H3/t14-,15-,17-,18?,19-,20-,21+,22-/m0/s1. The van der Waals surface area contributed by atoms with Crippen molar-refractivity contribution in [3.8, 4) is 0 Å². The van der Waals surface area contributed by atoms with Gasteiger partial charge in [0, 0.05) is 11.3 Å². The molecule has 0 aromatic carbocycles. The molecule has 0 aromatic heterocycles. The predicted molar refractivity (Wildman–Crippen MR) is 99.9 cm³/mol. The van der Waals surface area contributed by atoms with Crippen molar-refractivity contribution < 1.29 is 29.3 Å². The fourth-order valence-electron chi connectivity index (χ4n) is 7.39. The van der Waals surface area contributed by atoms with Crippen LogP contribution in [0.3, 0.4) is 0 Å². The summed E-state index contributed by atoms with van der Waals surface area (Å²) >= 11 is 0. The average molecular weight is 392 g/mol. The van der Waals surface area contributed by atoms with Crippen molar-refractivity contribution in [2.24, 2.45) is 28.6 Å². The van der Waals surface area contributed by atoms with Crippen LogP contribution < -0.4 is 0 Å². The van der Waals surface area contributed by atoms with Gasteiger partial charge >= 0.3 is 0 Å². The fourth-order valence-corrected chi connectivity index (χ4v) is 7.39. The maximum atomic E-state index is 16.9. The molecule has 0 heterocycles. The summed E-state index contributed by atoms with van der Waals surface area (Å²) in [4.78, 5) is 24.4. The van der Waals surface area contributed by atoms with E-state index >= 15 is 4.39 Å². The van der Waals surface area contributed by atoms with Gasteiger partial charge in [0.1, 0.15) is 6.61 Å². The van der Waals surface area contributed by atoms with E-state index in [2.05, 4.69) is 0 Å². The Balaban J connectivity index is 1.83. The molecule has 0 aliphatic heterocycles. The second-order valence-corrected chi connectivity index (χ2v) is 9.97. The maximum Gasteiger partial charge on any atom is 0.178 e. The highest BCUT2D eigenvalue weighted by atomic mass is 19.1. The molecule has 154 valence electrons. The number of hydrogen-bond acceptors (Lipinski definition) is 5. The second kappa shape index (κ2) is 5.83. The summed E-state index contributed by atoms with van der Waals surface area (Å²) in [5.41, 5.74) is -4.52. The van der Waals surface area contributed by atoms with Crippen LogP contribution in [0.25, 0.3) is 0 Å². The fraction of sp³-hybridized carbons (Fsp3) is 0.727. The van der Waals surface area contributed by atoms with Crippen molar-refractivity contribution in [1.82, 2.24) is 0 Å². The van der Waals surface area contributed by atoms with Crippen LogP contribution in [-0.4, -0.2) is 50.9 Å². The zero-order valence-electron chi connectivity index (χ0n) is 16.6. The summed E-state index contributed by atoms with van der Waals surface area (Å²) < 4.78 is 16.9. The number of aliphatic hydroxyl groups is 3. The average Bonchev–Trinajstić information content (AvgIpc) is 2.81. The molecule has 8 atom stereocenters. The van der Waals surface area contributed by atoms with E-state index in [9.17, 15) is 24.9 Å². The van der Waals surface area contributed by atoms with Gasteiger partial charge < -0.3 is 15.3 Å². The molecule has 0 bridgehead atoms. The molecule has 3 N–H and O–H groups in total. The molecule has 5 nitrogen and oxygen atoms in total. The largest absolute Gasteiger partial charge is 0.390 e. The van der Waals surface area contributed by atoms with Crippen LogP contribution in [0, 0.1) is 28.6 Å². The van der Waals surface area contributed by atoms with Gasteiger partial charge in [-0.15, -0.1) is 0 Å². The molecule has 0 radical (unpaired) electrons. The van der Waals surface area contributed by atoms with E-state index in [4.69, 9.17) is 0 Å². The van der Waals surface area contributed by atoms with Crippen LogP contribution in [0.2, 0.25) is 0 Å². The third-order valence-corrected chi connectivity index (χ3v) is 8.47. The summed E-state index contributed by atoms with van der Waals surface area (Å²) in [6.45, 7) is 4.48. The van der Waals surface area contributed by atoms with E-state index < -0.39 is 52.4 Å². The Morgan fingerprint density at radius 3 is 2.57 bits per heavy atom. The number of alkyl halides is 1. The van der Waals surface area contributed by atoms with E-state index in [0.717, 1.165) is 0 Å². The van der Waals surface area contributed by atoms with E-state index in [1.807, 2.05) is 6.92 Å². The normalized spacial score (nSPS) is 52.5. The van der Waals surface area contributed by atoms with Crippen molar-refractivity contribution in [2.45, 2.75) is 63.8 Å².